The van der Waals surface area contributed by atoms with Crippen LogP contribution in [-0.2, 0) is 0 Å². The van der Waals surface area contributed by atoms with Crippen molar-refractivity contribution >= 4 is 11.5 Å². The largest absolute Gasteiger partial charge is 0.147 e. The van der Waals surface area contributed by atoms with Gasteiger partial charge >= 0.3 is 0 Å². The Morgan fingerprint density at radius 3 is 2.17 bits per heavy atom. The first-order valence-electron chi connectivity index (χ1n) is 3.62. The summed E-state index contributed by atoms with van der Waals surface area (Å²) in [5.41, 5.74) is 1.32. The Bertz CT molecular complexity index is 261. The van der Waals surface area contributed by atoms with E-state index >= 15 is 0 Å². The minimum atomic E-state index is 1.32. The van der Waals surface area contributed by atoms with Gasteiger partial charge in [0.15, 0.2) is 0 Å². The van der Waals surface area contributed by atoms with E-state index in [2.05, 4.69) is 28.6 Å². The average Bonchev–Trinajstić information content (AvgIpc) is 2.62. The SMILES string of the molecule is Cc1ccccc1.c1csnn1. The molecule has 2 aromatic rings. The highest BCUT2D eigenvalue weighted by Crippen LogP contribution is 1.92. The normalized spacial score (nSPS) is 8.42. The Labute approximate surface area is 76.0 Å². The minimum absolute atomic E-state index is 1.32. The van der Waals surface area contributed by atoms with Crippen LogP contribution < -0.4 is 0 Å². The maximum absolute atomic E-state index is 3.51. The summed E-state index contributed by atoms with van der Waals surface area (Å²) in [6, 6.07) is 10.3. The quantitative estimate of drug-likeness (QED) is 0.619. The molecule has 0 radical (unpaired) electrons. The lowest BCUT2D eigenvalue weighted by molar-refractivity contribution is 1.16. The maximum Gasteiger partial charge on any atom is 0.0620 e. The molecule has 0 aliphatic heterocycles. The van der Waals surface area contributed by atoms with Crippen molar-refractivity contribution in [2.45, 2.75) is 6.92 Å². The summed E-state index contributed by atoms with van der Waals surface area (Å²) in [4.78, 5) is 0. The van der Waals surface area contributed by atoms with E-state index in [1.807, 2.05) is 23.6 Å². The fraction of sp³-hybridized carbons (Fsp3) is 0.111. The smallest absolute Gasteiger partial charge is 0.0620 e. The zero-order chi connectivity index (χ0) is 8.65. The van der Waals surface area contributed by atoms with E-state index in [-0.39, 0.29) is 0 Å². The fourth-order valence-electron chi connectivity index (χ4n) is 0.670. The minimum Gasteiger partial charge on any atom is -0.147 e. The van der Waals surface area contributed by atoms with Crippen molar-refractivity contribution in [2.75, 3.05) is 0 Å². The van der Waals surface area contributed by atoms with Gasteiger partial charge < -0.3 is 0 Å². The Morgan fingerprint density at radius 1 is 1.17 bits per heavy atom. The predicted molar refractivity (Wildman–Crippen MR) is 51.1 cm³/mol. The van der Waals surface area contributed by atoms with Crippen molar-refractivity contribution in [3.8, 4) is 0 Å². The predicted octanol–water partition coefficient (Wildman–Crippen LogP) is 2.53. The number of rotatable bonds is 0. The van der Waals surface area contributed by atoms with Gasteiger partial charge in [0.05, 0.1) is 6.20 Å². The first kappa shape index (κ1) is 8.87. The summed E-state index contributed by atoms with van der Waals surface area (Å²) < 4.78 is 3.51. The van der Waals surface area contributed by atoms with Crippen LogP contribution in [-0.4, -0.2) is 9.59 Å². The zero-order valence-corrected chi connectivity index (χ0v) is 7.66. The lowest BCUT2D eigenvalue weighted by Crippen LogP contribution is -1.62. The van der Waals surface area contributed by atoms with Crippen molar-refractivity contribution in [1.82, 2.24) is 9.59 Å². The van der Waals surface area contributed by atoms with Crippen LogP contribution >= 0.6 is 11.5 Å². The monoisotopic (exact) mass is 178 g/mol. The van der Waals surface area contributed by atoms with Gasteiger partial charge in [0, 0.05) is 5.38 Å². The highest BCUT2D eigenvalue weighted by Gasteiger charge is 1.72. The molecule has 3 heteroatoms. The summed E-state index contributed by atoms with van der Waals surface area (Å²) in [6.07, 6.45) is 1.66. The van der Waals surface area contributed by atoms with E-state index in [1.165, 1.54) is 17.1 Å². The van der Waals surface area contributed by atoms with E-state index in [4.69, 9.17) is 0 Å². The summed E-state index contributed by atoms with van der Waals surface area (Å²) in [7, 11) is 0. The highest BCUT2D eigenvalue weighted by atomic mass is 32.1. The topological polar surface area (TPSA) is 25.8 Å². The van der Waals surface area contributed by atoms with Gasteiger partial charge in [-0.2, -0.15) is 0 Å². The molecule has 0 saturated carbocycles. The Hall–Kier alpha value is -1.22. The lowest BCUT2D eigenvalue weighted by atomic mass is 10.2. The maximum atomic E-state index is 3.51. The van der Waals surface area contributed by atoms with Gasteiger partial charge in [0.2, 0.25) is 0 Å². The van der Waals surface area contributed by atoms with Crippen LogP contribution in [0.25, 0.3) is 0 Å². The number of benzene rings is 1. The summed E-state index contributed by atoms with van der Waals surface area (Å²) >= 11 is 1.35. The molecular formula is C9H10N2S. The molecule has 0 fully saturated rings. The first-order valence-corrected chi connectivity index (χ1v) is 4.46. The molecule has 0 aliphatic rings. The van der Waals surface area contributed by atoms with Gasteiger partial charge in [0.25, 0.3) is 0 Å². The average molecular weight is 178 g/mol. The van der Waals surface area contributed by atoms with Crippen molar-refractivity contribution in [3.05, 3.63) is 47.5 Å². The molecule has 12 heavy (non-hydrogen) atoms. The molecule has 0 aliphatic carbocycles. The number of hydrogen-bond donors (Lipinski definition) is 0. The number of aryl methyl sites for hydroxylation is 1. The Kier molecular flexibility index (Phi) is 4.02. The second-order valence-electron chi connectivity index (χ2n) is 2.24. The molecule has 1 heterocycles. The van der Waals surface area contributed by atoms with Crippen LogP contribution in [0.3, 0.4) is 0 Å². The van der Waals surface area contributed by atoms with Crippen LogP contribution in [0.15, 0.2) is 41.9 Å². The molecule has 2 nitrogen and oxygen atoms in total. The lowest BCUT2D eigenvalue weighted by Gasteiger charge is -1.82. The van der Waals surface area contributed by atoms with Crippen molar-refractivity contribution in [3.63, 3.8) is 0 Å². The Morgan fingerprint density at radius 2 is 1.92 bits per heavy atom. The van der Waals surface area contributed by atoms with Gasteiger partial charge in [-0.3, -0.25) is 0 Å². The van der Waals surface area contributed by atoms with Gasteiger partial charge in [-0.1, -0.05) is 40.4 Å². The van der Waals surface area contributed by atoms with Gasteiger partial charge in [-0.25, -0.2) is 0 Å². The van der Waals surface area contributed by atoms with Gasteiger partial charge in [0.1, 0.15) is 0 Å². The van der Waals surface area contributed by atoms with E-state index in [1.54, 1.807) is 6.20 Å². The molecular weight excluding hydrogens is 168 g/mol. The summed E-state index contributed by atoms with van der Waals surface area (Å²) in [6.45, 7) is 2.08. The molecule has 0 N–H and O–H groups in total. The first-order chi connectivity index (χ1) is 5.89. The van der Waals surface area contributed by atoms with E-state index in [0.717, 1.165) is 0 Å². The van der Waals surface area contributed by atoms with Crippen LogP contribution in [0.5, 0.6) is 0 Å². The molecule has 0 amide bonds. The molecule has 0 atom stereocenters. The molecule has 1 aromatic carbocycles. The highest BCUT2D eigenvalue weighted by molar-refractivity contribution is 7.03. The number of aromatic nitrogens is 2. The van der Waals surface area contributed by atoms with Crippen molar-refractivity contribution < 1.29 is 0 Å². The number of nitrogens with zero attached hydrogens (tertiary/aromatic N) is 2. The molecule has 62 valence electrons. The standard InChI is InChI=1S/C7H8.C2H2N2S/c1-7-5-3-2-4-6-7;1-2-5-4-3-1/h2-6H,1H3;1-2H. The van der Waals surface area contributed by atoms with Crippen LogP contribution in [0, 0.1) is 6.92 Å². The fourth-order valence-corrected chi connectivity index (χ4v) is 0.943. The molecule has 0 bridgehead atoms. The second-order valence-corrected chi connectivity index (χ2v) is 2.89. The summed E-state index contributed by atoms with van der Waals surface area (Å²) in [5, 5.41) is 5.31. The number of hydrogen-bond acceptors (Lipinski definition) is 3. The van der Waals surface area contributed by atoms with Gasteiger partial charge in [-0.05, 0) is 18.5 Å². The van der Waals surface area contributed by atoms with E-state index in [9.17, 15) is 0 Å². The van der Waals surface area contributed by atoms with E-state index in [0.29, 0.717) is 0 Å². The van der Waals surface area contributed by atoms with Gasteiger partial charge in [-0.15, -0.1) is 5.10 Å². The molecule has 1 aromatic heterocycles. The molecule has 0 unspecified atom stereocenters. The third kappa shape index (κ3) is 3.83. The van der Waals surface area contributed by atoms with Crippen molar-refractivity contribution in [1.29, 1.82) is 0 Å². The molecule has 0 saturated heterocycles. The van der Waals surface area contributed by atoms with Crippen LogP contribution in [0.1, 0.15) is 5.56 Å². The molecule has 2 rings (SSSR count). The summed E-state index contributed by atoms with van der Waals surface area (Å²) in [5.74, 6) is 0. The van der Waals surface area contributed by atoms with Crippen LogP contribution in [0.4, 0.5) is 0 Å². The third-order valence-electron chi connectivity index (χ3n) is 1.22. The van der Waals surface area contributed by atoms with Crippen molar-refractivity contribution in [2.24, 2.45) is 0 Å². The Balaban J connectivity index is 0.000000127. The molecule has 0 spiro atoms. The van der Waals surface area contributed by atoms with Crippen LogP contribution in [0.2, 0.25) is 0 Å². The van der Waals surface area contributed by atoms with E-state index < -0.39 is 0 Å². The zero-order valence-electron chi connectivity index (χ0n) is 6.84. The second kappa shape index (κ2) is 5.43. The third-order valence-corrected chi connectivity index (χ3v) is 1.66.